The molecule has 0 bridgehead atoms. The van der Waals surface area contributed by atoms with Crippen molar-refractivity contribution < 1.29 is 0 Å². The van der Waals surface area contributed by atoms with Gasteiger partial charge >= 0.3 is 0 Å². The van der Waals surface area contributed by atoms with Gasteiger partial charge in [-0.2, -0.15) is 5.10 Å². The van der Waals surface area contributed by atoms with Crippen LogP contribution in [0.2, 0.25) is 0 Å². The molecule has 0 saturated carbocycles. The maximum absolute atomic E-state index is 4.67. The summed E-state index contributed by atoms with van der Waals surface area (Å²) in [6.45, 7) is 3.71. The average molecular weight is 447 g/mol. The van der Waals surface area contributed by atoms with Gasteiger partial charge in [-0.05, 0) is 23.3 Å². The Balaban J connectivity index is 1.27. The fourth-order valence-electron chi connectivity index (χ4n) is 4.92. The molecule has 1 aliphatic rings. The number of nitrogens with zero attached hydrogens (tertiary/aromatic N) is 6. The molecule has 1 fully saturated rings. The lowest BCUT2D eigenvalue weighted by atomic mass is 9.96. The lowest BCUT2D eigenvalue weighted by molar-refractivity contribution is 0.212. The van der Waals surface area contributed by atoms with E-state index in [1.807, 2.05) is 41.2 Å². The molecule has 0 amide bonds. The number of hydrogen-bond acceptors (Lipinski definition) is 5. The number of anilines is 1. The lowest BCUT2D eigenvalue weighted by Crippen LogP contribution is -2.48. The van der Waals surface area contributed by atoms with Crippen LogP contribution in [0.25, 0.3) is 16.7 Å². The summed E-state index contributed by atoms with van der Waals surface area (Å²) in [5.74, 6) is 0.961. The normalized spacial score (nSPS) is 14.7. The summed E-state index contributed by atoms with van der Waals surface area (Å²) in [6, 6.07) is 32.0. The third kappa shape index (κ3) is 3.82. The minimum Gasteiger partial charge on any atom is -0.353 e. The zero-order chi connectivity index (χ0) is 22.7. The van der Waals surface area contributed by atoms with Gasteiger partial charge in [0.2, 0.25) is 0 Å². The Morgan fingerprint density at radius 3 is 1.85 bits per heavy atom. The van der Waals surface area contributed by atoms with Crippen molar-refractivity contribution in [2.45, 2.75) is 6.04 Å². The van der Waals surface area contributed by atoms with Gasteiger partial charge in [-0.3, -0.25) is 4.90 Å². The molecular weight excluding hydrogens is 420 g/mol. The number of fused-ring (bicyclic) bond motifs is 1. The summed E-state index contributed by atoms with van der Waals surface area (Å²) >= 11 is 0. The molecular formula is C28H26N6. The van der Waals surface area contributed by atoms with Crippen LogP contribution in [-0.4, -0.2) is 50.8 Å². The molecule has 0 N–H and O–H groups in total. The largest absolute Gasteiger partial charge is 0.353 e. The molecule has 5 aromatic rings. The van der Waals surface area contributed by atoms with Gasteiger partial charge in [0.25, 0.3) is 0 Å². The smallest absolute Gasteiger partial charge is 0.168 e. The quantitative estimate of drug-likeness (QED) is 0.391. The van der Waals surface area contributed by atoms with E-state index in [4.69, 9.17) is 0 Å². The number of piperazine rings is 1. The molecule has 0 aliphatic carbocycles. The molecule has 0 spiro atoms. The highest BCUT2D eigenvalue weighted by molar-refractivity contribution is 5.87. The van der Waals surface area contributed by atoms with Gasteiger partial charge in [0.15, 0.2) is 5.65 Å². The summed E-state index contributed by atoms with van der Waals surface area (Å²) in [5.41, 5.74) is 4.50. The Bertz CT molecular complexity index is 1320. The summed E-state index contributed by atoms with van der Waals surface area (Å²) < 4.78 is 1.89. The van der Waals surface area contributed by atoms with Crippen molar-refractivity contribution in [2.24, 2.45) is 0 Å². The number of hydrogen-bond donors (Lipinski definition) is 0. The van der Waals surface area contributed by atoms with Crippen LogP contribution < -0.4 is 4.90 Å². The predicted octanol–water partition coefficient (Wildman–Crippen LogP) is 4.73. The molecule has 6 heteroatoms. The molecule has 34 heavy (non-hydrogen) atoms. The molecule has 1 aliphatic heterocycles. The lowest BCUT2D eigenvalue weighted by Gasteiger charge is -2.40. The van der Waals surface area contributed by atoms with Crippen molar-refractivity contribution in [3.8, 4) is 5.69 Å². The Morgan fingerprint density at radius 2 is 1.24 bits per heavy atom. The van der Waals surface area contributed by atoms with E-state index >= 15 is 0 Å². The van der Waals surface area contributed by atoms with Crippen LogP contribution in [0.15, 0.2) is 104 Å². The second-order valence-electron chi connectivity index (χ2n) is 8.57. The average Bonchev–Trinajstić information content (AvgIpc) is 3.36. The highest BCUT2D eigenvalue weighted by atomic mass is 15.3. The second-order valence-corrected chi connectivity index (χ2v) is 8.57. The molecule has 3 aromatic carbocycles. The van der Waals surface area contributed by atoms with E-state index in [2.05, 4.69) is 85.5 Å². The number of aromatic nitrogens is 4. The molecule has 0 atom stereocenters. The van der Waals surface area contributed by atoms with E-state index in [-0.39, 0.29) is 6.04 Å². The van der Waals surface area contributed by atoms with Gasteiger partial charge in [0.1, 0.15) is 12.1 Å². The summed E-state index contributed by atoms with van der Waals surface area (Å²) in [6.07, 6.45) is 3.54. The minimum atomic E-state index is 0.246. The standard InChI is InChI=1S/C28H26N6/c1-4-10-22(11-5-1)26(23-12-6-2-7-13-23)32-16-18-33(19-17-32)27-25-20-31-34(28(25)30-21-29-27)24-14-8-3-9-15-24/h1-15,20-21,26H,16-19H2. The van der Waals surface area contributed by atoms with E-state index < -0.39 is 0 Å². The molecule has 0 unspecified atom stereocenters. The zero-order valence-electron chi connectivity index (χ0n) is 18.9. The molecule has 6 nitrogen and oxygen atoms in total. The first-order chi connectivity index (χ1) is 16.9. The van der Waals surface area contributed by atoms with Crippen LogP contribution in [0, 0.1) is 0 Å². The van der Waals surface area contributed by atoms with Crippen LogP contribution in [0.1, 0.15) is 17.2 Å². The summed E-state index contributed by atoms with van der Waals surface area (Å²) in [4.78, 5) is 14.2. The van der Waals surface area contributed by atoms with Gasteiger partial charge in [0.05, 0.1) is 23.3 Å². The number of benzene rings is 3. The molecule has 3 heterocycles. The highest BCUT2D eigenvalue weighted by Gasteiger charge is 2.28. The number of para-hydroxylation sites is 1. The van der Waals surface area contributed by atoms with Crippen LogP contribution in [0.3, 0.4) is 0 Å². The van der Waals surface area contributed by atoms with Crippen molar-refractivity contribution in [1.82, 2.24) is 24.6 Å². The van der Waals surface area contributed by atoms with E-state index in [0.29, 0.717) is 0 Å². The highest BCUT2D eigenvalue weighted by Crippen LogP contribution is 2.31. The van der Waals surface area contributed by atoms with Gasteiger partial charge in [-0.15, -0.1) is 0 Å². The fraction of sp³-hybridized carbons (Fsp3) is 0.179. The van der Waals surface area contributed by atoms with Gasteiger partial charge in [0, 0.05) is 26.2 Å². The van der Waals surface area contributed by atoms with Gasteiger partial charge < -0.3 is 4.90 Å². The summed E-state index contributed by atoms with van der Waals surface area (Å²) in [7, 11) is 0. The SMILES string of the molecule is c1ccc(C(c2ccccc2)N2CCN(c3ncnc4c3cnn4-c3ccccc3)CC2)cc1. The van der Waals surface area contributed by atoms with Gasteiger partial charge in [-0.1, -0.05) is 78.9 Å². The monoisotopic (exact) mass is 446 g/mol. The summed E-state index contributed by atoms with van der Waals surface area (Å²) in [5, 5.41) is 5.61. The Kier molecular flexibility index (Phi) is 5.49. The first-order valence-electron chi connectivity index (χ1n) is 11.7. The first kappa shape index (κ1) is 20.6. The topological polar surface area (TPSA) is 50.1 Å². The van der Waals surface area contributed by atoms with E-state index in [0.717, 1.165) is 48.7 Å². The molecule has 6 rings (SSSR count). The number of rotatable bonds is 5. The molecule has 1 saturated heterocycles. The van der Waals surface area contributed by atoms with Crippen molar-refractivity contribution in [3.63, 3.8) is 0 Å². The van der Waals surface area contributed by atoms with E-state index in [1.165, 1.54) is 11.1 Å². The predicted molar refractivity (Wildman–Crippen MR) is 135 cm³/mol. The van der Waals surface area contributed by atoms with Crippen molar-refractivity contribution in [1.29, 1.82) is 0 Å². The second kappa shape index (κ2) is 9.08. The molecule has 2 aromatic heterocycles. The zero-order valence-corrected chi connectivity index (χ0v) is 18.9. The Labute approximate surface area is 199 Å². The van der Waals surface area contributed by atoms with Crippen LogP contribution in [-0.2, 0) is 0 Å². The van der Waals surface area contributed by atoms with Gasteiger partial charge in [-0.25, -0.2) is 14.6 Å². The minimum absolute atomic E-state index is 0.246. The fourth-order valence-corrected chi connectivity index (χ4v) is 4.92. The van der Waals surface area contributed by atoms with Crippen molar-refractivity contribution in [3.05, 3.63) is 115 Å². The van der Waals surface area contributed by atoms with Crippen molar-refractivity contribution >= 4 is 16.9 Å². The van der Waals surface area contributed by atoms with Crippen molar-refractivity contribution in [2.75, 3.05) is 31.1 Å². The first-order valence-corrected chi connectivity index (χ1v) is 11.7. The Morgan fingerprint density at radius 1 is 0.647 bits per heavy atom. The Hall–Kier alpha value is -4.03. The van der Waals surface area contributed by atoms with Crippen LogP contribution in [0.5, 0.6) is 0 Å². The third-order valence-corrected chi connectivity index (χ3v) is 6.56. The van der Waals surface area contributed by atoms with E-state index in [1.54, 1.807) is 6.33 Å². The molecule has 0 radical (unpaired) electrons. The molecule has 168 valence electrons. The maximum Gasteiger partial charge on any atom is 0.168 e. The third-order valence-electron chi connectivity index (χ3n) is 6.56. The van der Waals surface area contributed by atoms with Crippen LogP contribution >= 0.6 is 0 Å². The van der Waals surface area contributed by atoms with Crippen LogP contribution in [0.4, 0.5) is 5.82 Å². The maximum atomic E-state index is 4.67. The van der Waals surface area contributed by atoms with E-state index in [9.17, 15) is 0 Å².